The number of amides is 1. The Kier molecular flexibility index (Phi) is 4.75. The van der Waals surface area contributed by atoms with Gasteiger partial charge in [-0.05, 0) is 47.9 Å². The van der Waals surface area contributed by atoms with E-state index in [9.17, 15) is 4.79 Å². The highest BCUT2D eigenvalue weighted by atomic mass is 16.5. The van der Waals surface area contributed by atoms with Gasteiger partial charge in [-0.3, -0.25) is 4.79 Å². The Morgan fingerprint density at radius 3 is 2.70 bits per heavy atom. The van der Waals surface area contributed by atoms with Crippen molar-refractivity contribution in [3.8, 4) is 5.75 Å². The van der Waals surface area contributed by atoms with Gasteiger partial charge in [0.15, 0.2) is 0 Å². The predicted octanol–water partition coefficient (Wildman–Crippen LogP) is 3.91. The first kappa shape index (κ1) is 17.1. The highest BCUT2D eigenvalue weighted by Crippen LogP contribution is 2.24. The quantitative estimate of drug-likeness (QED) is 0.767. The van der Waals surface area contributed by atoms with E-state index in [1.807, 2.05) is 18.2 Å². The van der Waals surface area contributed by atoms with Gasteiger partial charge in [-0.2, -0.15) is 0 Å². The first-order valence-corrected chi connectivity index (χ1v) is 8.96. The molecule has 2 aromatic carbocycles. The van der Waals surface area contributed by atoms with Gasteiger partial charge in [-0.1, -0.05) is 30.3 Å². The third-order valence-electron chi connectivity index (χ3n) is 4.79. The average molecular weight is 359 g/mol. The molecule has 0 aliphatic carbocycles. The van der Waals surface area contributed by atoms with Crippen LogP contribution in [0.2, 0.25) is 0 Å². The van der Waals surface area contributed by atoms with Crippen LogP contribution in [0.15, 0.2) is 66.9 Å². The predicted molar refractivity (Wildman–Crippen MR) is 106 cm³/mol. The van der Waals surface area contributed by atoms with Gasteiger partial charge in [0.25, 0.3) is 5.91 Å². The van der Waals surface area contributed by atoms with Crippen LogP contribution in [0.4, 0.5) is 11.5 Å². The molecule has 0 saturated carbocycles. The number of carbonyl (C=O) groups excluding carboxylic acids is 1. The fourth-order valence-electron chi connectivity index (χ4n) is 3.31. The van der Waals surface area contributed by atoms with Crippen molar-refractivity contribution < 1.29 is 9.53 Å². The van der Waals surface area contributed by atoms with E-state index in [0.29, 0.717) is 17.0 Å². The minimum absolute atomic E-state index is 0.185. The van der Waals surface area contributed by atoms with E-state index >= 15 is 0 Å². The lowest BCUT2D eigenvalue weighted by atomic mass is 10.00. The molecule has 3 aromatic rings. The fraction of sp³-hybridized carbons (Fsp3) is 0.182. The first-order chi connectivity index (χ1) is 13.2. The van der Waals surface area contributed by atoms with Gasteiger partial charge in [0.2, 0.25) is 0 Å². The number of carbonyl (C=O) groups is 1. The molecule has 1 aliphatic heterocycles. The van der Waals surface area contributed by atoms with Crippen LogP contribution in [0.1, 0.15) is 21.5 Å². The zero-order chi connectivity index (χ0) is 18.6. The lowest BCUT2D eigenvalue weighted by Gasteiger charge is -2.29. The second kappa shape index (κ2) is 7.50. The lowest BCUT2D eigenvalue weighted by molar-refractivity contribution is 0.102. The van der Waals surface area contributed by atoms with Crippen LogP contribution in [0.25, 0.3) is 0 Å². The van der Waals surface area contributed by atoms with Gasteiger partial charge in [-0.15, -0.1) is 0 Å². The van der Waals surface area contributed by atoms with Crippen molar-refractivity contribution in [3.63, 3.8) is 0 Å². The third-order valence-corrected chi connectivity index (χ3v) is 4.79. The maximum atomic E-state index is 12.4. The molecule has 0 bridgehead atoms. The summed E-state index contributed by atoms with van der Waals surface area (Å²) in [6.45, 7) is 1.80. The smallest absolute Gasteiger partial charge is 0.255 e. The summed E-state index contributed by atoms with van der Waals surface area (Å²) in [7, 11) is 1.58. The Hall–Kier alpha value is -3.34. The van der Waals surface area contributed by atoms with Gasteiger partial charge in [0, 0.05) is 18.7 Å². The molecule has 4 rings (SSSR count). The monoisotopic (exact) mass is 359 g/mol. The van der Waals surface area contributed by atoms with Crippen molar-refractivity contribution in [2.75, 3.05) is 23.9 Å². The van der Waals surface area contributed by atoms with Crippen LogP contribution in [-0.4, -0.2) is 24.5 Å². The minimum atomic E-state index is -0.185. The molecule has 0 unspecified atom stereocenters. The summed E-state index contributed by atoms with van der Waals surface area (Å²) >= 11 is 0. The molecule has 136 valence electrons. The molecule has 0 radical (unpaired) electrons. The molecule has 27 heavy (non-hydrogen) atoms. The second-order valence-electron chi connectivity index (χ2n) is 6.53. The molecule has 1 aliphatic rings. The van der Waals surface area contributed by atoms with Crippen LogP contribution in [0, 0.1) is 0 Å². The summed E-state index contributed by atoms with van der Waals surface area (Å²) in [5.74, 6) is 1.39. The van der Waals surface area contributed by atoms with E-state index in [0.717, 1.165) is 25.3 Å². The summed E-state index contributed by atoms with van der Waals surface area (Å²) < 4.78 is 5.17. The van der Waals surface area contributed by atoms with Crippen LogP contribution in [-0.2, 0) is 13.0 Å². The number of aromatic nitrogens is 1. The molecule has 1 aromatic heterocycles. The van der Waals surface area contributed by atoms with Crippen molar-refractivity contribution in [1.29, 1.82) is 0 Å². The number of hydrogen-bond donors (Lipinski definition) is 1. The number of methoxy groups -OCH3 is 1. The Morgan fingerprint density at radius 1 is 1.07 bits per heavy atom. The third kappa shape index (κ3) is 3.77. The van der Waals surface area contributed by atoms with Crippen molar-refractivity contribution in [1.82, 2.24) is 4.98 Å². The molecule has 0 fully saturated rings. The number of pyridine rings is 1. The number of benzene rings is 2. The number of ether oxygens (including phenoxy) is 1. The van der Waals surface area contributed by atoms with Crippen LogP contribution in [0.3, 0.4) is 0 Å². The summed E-state index contributed by atoms with van der Waals surface area (Å²) in [6.07, 6.45) is 2.72. The van der Waals surface area contributed by atoms with Gasteiger partial charge in [-0.25, -0.2) is 4.98 Å². The minimum Gasteiger partial charge on any atom is -0.497 e. The van der Waals surface area contributed by atoms with E-state index in [-0.39, 0.29) is 5.91 Å². The Labute approximate surface area is 158 Å². The van der Waals surface area contributed by atoms with Crippen LogP contribution in [0.5, 0.6) is 5.75 Å². The molecule has 5 nitrogen and oxygen atoms in total. The molecule has 0 spiro atoms. The maximum Gasteiger partial charge on any atom is 0.255 e. The molecule has 1 amide bonds. The maximum absolute atomic E-state index is 12.4. The van der Waals surface area contributed by atoms with E-state index in [4.69, 9.17) is 4.74 Å². The normalized spacial score (nSPS) is 13.0. The summed E-state index contributed by atoms with van der Waals surface area (Å²) in [4.78, 5) is 19.2. The van der Waals surface area contributed by atoms with Crippen LogP contribution < -0.4 is 15.0 Å². The standard InChI is InChI=1S/C22H21N3O2/c1-27-20-8-4-7-17(13-20)22(26)24-19-9-10-21(23-14-19)25-12-11-16-5-2-3-6-18(16)15-25/h2-10,13-14H,11-12,15H2,1H3,(H,24,26). The SMILES string of the molecule is COc1cccc(C(=O)Nc2ccc(N3CCc4ccccc4C3)nc2)c1. The molecular weight excluding hydrogens is 338 g/mol. The van der Waals surface area contributed by atoms with Gasteiger partial charge >= 0.3 is 0 Å². The first-order valence-electron chi connectivity index (χ1n) is 8.96. The van der Waals surface area contributed by atoms with Crippen LogP contribution >= 0.6 is 0 Å². The average Bonchev–Trinajstić information content (AvgIpc) is 2.74. The number of nitrogens with zero attached hydrogens (tertiary/aromatic N) is 2. The Morgan fingerprint density at radius 2 is 1.93 bits per heavy atom. The highest BCUT2D eigenvalue weighted by molar-refractivity contribution is 6.04. The van der Waals surface area contributed by atoms with Gasteiger partial charge in [0.05, 0.1) is 19.0 Å². The summed E-state index contributed by atoms with van der Waals surface area (Å²) in [6, 6.07) is 19.4. The van der Waals surface area contributed by atoms with E-state index in [1.165, 1.54) is 11.1 Å². The second-order valence-corrected chi connectivity index (χ2v) is 6.53. The molecule has 1 N–H and O–H groups in total. The van der Waals surface area contributed by atoms with Crippen molar-refractivity contribution in [3.05, 3.63) is 83.6 Å². The van der Waals surface area contributed by atoms with E-state index in [1.54, 1.807) is 31.5 Å². The fourth-order valence-corrected chi connectivity index (χ4v) is 3.31. The number of nitrogens with one attached hydrogen (secondary N) is 1. The van der Waals surface area contributed by atoms with Gasteiger partial charge < -0.3 is 15.0 Å². The van der Waals surface area contributed by atoms with Crippen molar-refractivity contribution in [2.45, 2.75) is 13.0 Å². The molecule has 0 atom stereocenters. The number of fused-ring (bicyclic) bond motifs is 1. The van der Waals surface area contributed by atoms with E-state index in [2.05, 4.69) is 39.5 Å². The Bertz CT molecular complexity index is 954. The van der Waals surface area contributed by atoms with Crippen molar-refractivity contribution in [2.24, 2.45) is 0 Å². The topological polar surface area (TPSA) is 54.5 Å². The number of rotatable bonds is 4. The molecular formula is C22H21N3O2. The number of anilines is 2. The zero-order valence-electron chi connectivity index (χ0n) is 15.2. The highest BCUT2D eigenvalue weighted by Gasteiger charge is 2.17. The summed E-state index contributed by atoms with van der Waals surface area (Å²) in [5, 5.41) is 2.88. The largest absolute Gasteiger partial charge is 0.497 e. The molecule has 5 heteroatoms. The molecule has 2 heterocycles. The number of hydrogen-bond acceptors (Lipinski definition) is 4. The van der Waals surface area contributed by atoms with E-state index < -0.39 is 0 Å². The Balaban J connectivity index is 1.44. The lowest BCUT2D eigenvalue weighted by Crippen LogP contribution is -2.30. The summed E-state index contributed by atoms with van der Waals surface area (Å²) in [5.41, 5.74) is 3.98. The van der Waals surface area contributed by atoms with Gasteiger partial charge in [0.1, 0.15) is 11.6 Å². The molecule has 0 saturated heterocycles. The zero-order valence-corrected chi connectivity index (χ0v) is 15.2. The van der Waals surface area contributed by atoms with Crippen molar-refractivity contribution >= 4 is 17.4 Å².